The second-order valence-corrected chi connectivity index (χ2v) is 7.02. The van der Waals surface area contributed by atoms with E-state index in [0.29, 0.717) is 18.7 Å². The van der Waals surface area contributed by atoms with Gasteiger partial charge in [-0.15, -0.1) is 5.10 Å². The molecule has 0 saturated carbocycles. The summed E-state index contributed by atoms with van der Waals surface area (Å²) in [6.45, 7) is 5.52. The lowest BCUT2D eigenvalue weighted by atomic mass is 10.1. The molecule has 0 atom stereocenters. The first kappa shape index (κ1) is 21.2. The lowest BCUT2D eigenvalue weighted by molar-refractivity contribution is -0.124. The molecule has 2 aromatic carbocycles. The van der Waals surface area contributed by atoms with Crippen molar-refractivity contribution in [3.05, 3.63) is 76.4 Å². The smallest absolute Gasteiger partial charge is 0.361 e. The minimum Gasteiger partial charge on any atom is -0.451 e. The van der Waals surface area contributed by atoms with Crippen LogP contribution in [0.2, 0.25) is 0 Å². The largest absolute Gasteiger partial charge is 0.451 e. The topological polar surface area (TPSA) is 86.1 Å². The van der Waals surface area contributed by atoms with Gasteiger partial charge in [0.1, 0.15) is 5.82 Å². The standard InChI is InChI=1S/C22H23FN4O3/c1-14-4-9-19(15(2)12-14)27-25-16(3)21(26-27)22(29)30-13-20(28)24-11-10-17-5-7-18(23)8-6-17/h4-9,12H,10-11,13H2,1-3H3,(H,24,28). The first-order valence-corrected chi connectivity index (χ1v) is 9.53. The molecule has 0 aliphatic rings. The Hall–Kier alpha value is -3.55. The number of rotatable bonds is 7. The van der Waals surface area contributed by atoms with Gasteiger partial charge in [-0.2, -0.15) is 9.90 Å². The van der Waals surface area contributed by atoms with Crippen molar-refractivity contribution in [2.75, 3.05) is 13.2 Å². The number of nitrogens with one attached hydrogen (secondary N) is 1. The highest BCUT2D eigenvalue weighted by Crippen LogP contribution is 2.15. The number of hydrogen-bond acceptors (Lipinski definition) is 5. The van der Waals surface area contributed by atoms with E-state index in [2.05, 4.69) is 15.5 Å². The predicted molar refractivity (Wildman–Crippen MR) is 109 cm³/mol. The molecule has 0 unspecified atom stereocenters. The van der Waals surface area contributed by atoms with Crippen molar-refractivity contribution in [3.8, 4) is 5.69 Å². The Bertz CT molecular complexity index is 1060. The molecule has 0 aliphatic heterocycles. The average Bonchev–Trinajstić information content (AvgIpc) is 3.09. The molecule has 1 heterocycles. The normalized spacial score (nSPS) is 10.7. The van der Waals surface area contributed by atoms with E-state index in [9.17, 15) is 14.0 Å². The number of aryl methyl sites for hydroxylation is 3. The Balaban J connectivity index is 1.52. The monoisotopic (exact) mass is 410 g/mol. The first-order chi connectivity index (χ1) is 14.3. The van der Waals surface area contributed by atoms with Gasteiger partial charge in [0.25, 0.3) is 5.91 Å². The van der Waals surface area contributed by atoms with E-state index in [4.69, 9.17) is 4.74 Å². The van der Waals surface area contributed by atoms with Crippen LogP contribution < -0.4 is 5.32 Å². The van der Waals surface area contributed by atoms with Crippen molar-refractivity contribution in [2.45, 2.75) is 27.2 Å². The molecule has 0 spiro atoms. The molecule has 30 heavy (non-hydrogen) atoms. The van der Waals surface area contributed by atoms with Gasteiger partial charge in [-0.25, -0.2) is 9.18 Å². The molecule has 1 aromatic heterocycles. The van der Waals surface area contributed by atoms with Crippen molar-refractivity contribution < 1.29 is 18.7 Å². The average molecular weight is 410 g/mol. The summed E-state index contributed by atoms with van der Waals surface area (Å²) in [7, 11) is 0. The number of hydrogen-bond donors (Lipinski definition) is 1. The molecule has 8 heteroatoms. The minimum absolute atomic E-state index is 0.0640. The number of carbonyl (C=O) groups is 2. The van der Waals surface area contributed by atoms with Crippen LogP contribution in [0.1, 0.15) is 32.9 Å². The Labute approximate surface area is 173 Å². The second kappa shape index (κ2) is 9.30. The van der Waals surface area contributed by atoms with E-state index in [1.54, 1.807) is 19.1 Å². The number of aromatic nitrogens is 3. The van der Waals surface area contributed by atoms with Gasteiger partial charge < -0.3 is 10.1 Å². The number of nitrogens with zero attached hydrogens (tertiary/aromatic N) is 3. The fourth-order valence-electron chi connectivity index (χ4n) is 2.95. The van der Waals surface area contributed by atoms with Gasteiger partial charge in [0.2, 0.25) is 0 Å². The van der Waals surface area contributed by atoms with Crippen molar-refractivity contribution in [1.82, 2.24) is 20.3 Å². The summed E-state index contributed by atoms with van der Waals surface area (Å²) >= 11 is 0. The van der Waals surface area contributed by atoms with E-state index in [-0.39, 0.29) is 11.5 Å². The van der Waals surface area contributed by atoms with Crippen molar-refractivity contribution in [3.63, 3.8) is 0 Å². The highest BCUT2D eigenvalue weighted by molar-refractivity contribution is 5.90. The molecule has 0 fully saturated rings. The molecule has 1 N–H and O–H groups in total. The third-order valence-corrected chi connectivity index (χ3v) is 4.53. The van der Waals surface area contributed by atoms with E-state index < -0.39 is 18.5 Å². The lowest BCUT2D eigenvalue weighted by Crippen LogP contribution is -2.30. The number of halogens is 1. The Morgan fingerprint density at radius 3 is 2.50 bits per heavy atom. The van der Waals surface area contributed by atoms with Crippen LogP contribution in [0.25, 0.3) is 5.69 Å². The lowest BCUT2D eigenvalue weighted by Gasteiger charge is -2.06. The summed E-state index contributed by atoms with van der Waals surface area (Å²) in [5, 5.41) is 11.2. The number of carbonyl (C=O) groups excluding carboxylic acids is 2. The molecule has 7 nitrogen and oxygen atoms in total. The molecule has 0 aliphatic carbocycles. The van der Waals surface area contributed by atoms with Gasteiger partial charge in [0.15, 0.2) is 12.3 Å². The maximum atomic E-state index is 12.9. The fourth-order valence-corrected chi connectivity index (χ4v) is 2.95. The quantitative estimate of drug-likeness (QED) is 0.606. The molecular weight excluding hydrogens is 387 g/mol. The number of esters is 1. The minimum atomic E-state index is -0.711. The molecule has 156 valence electrons. The zero-order valence-electron chi connectivity index (χ0n) is 17.1. The predicted octanol–water partition coefficient (Wildman–Crippen LogP) is 2.85. The zero-order chi connectivity index (χ0) is 21.7. The molecule has 0 saturated heterocycles. The summed E-state index contributed by atoms with van der Waals surface area (Å²) in [4.78, 5) is 25.6. The van der Waals surface area contributed by atoms with Gasteiger partial charge in [-0.3, -0.25) is 4.79 Å². The number of amides is 1. The SMILES string of the molecule is Cc1ccc(-n2nc(C)c(C(=O)OCC(=O)NCCc3ccc(F)cc3)n2)c(C)c1. The van der Waals surface area contributed by atoms with Gasteiger partial charge >= 0.3 is 5.97 Å². The molecule has 1 amide bonds. The van der Waals surface area contributed by atoms with Gasteiger partial charge in [0, 0.05) is 6.54 Å². The fraction of sp³-hybridized carbons (Fsp3) is 0.273. The van der Waals surface area contributed by atoms with Crippen molar-refractivity contribution >= 4 is 11.9 Å². The van der Waals surface area contributed by atoms with Crippen LogP contribution in [0.5, 0.6) is 0 Å². The maximum Gasteiger partial charge on any atom is 0.361 e. The van der Waals surface area contributed by atoms with Gasteiger partial charge in [-0.1, -0.05) is 29.8 Å². The summed E-state index contributed by atoms with van der Waals surface area (Å²) in [6, 6.07) is 11.9. The van der Waals surface area contributed by atoms with Crippen molar-refractivity contribution in [2.24, 2.45) is 0 Å². The van der Waals surface area contributed by atoms with E-state index in [1.807, 2.05) is 32.0 Å². The molecular formula is C22H23FN4O3. The number of ether oxygens (including phenoxy) is 1. The summed E-state index contributed by atoms with van der Waals surface area (Å²) < 4.78 is 18.0. The highest BCUT2D eigenvalue weighted by atomic mass is 19.1. The summed E-state index contributed by atoms with van der Waals surface area (Å²) in [5.74, 6) is -1.44. The second-order valence-electron chi connectivity index (χ2n) is 7.02. The van der Waals surface area contributed by atoms with Gasteiger partial charge in [-0.05, 0) is 56.5 Å². The van der Waals surface area contributed by atoms with Crippen LogP contribution >= 0.6 is 0 Å². The zero-order valence-corrected chi connectivity index (χ0v) is 17.1. The van der Waals surface area contributed by atoms with Crippen LogP contribution in [0.4, 0.5) is 4.39 Å². The van der Waals surface area contributed by atoms with E-state index >= 15 is 0 Å². The van der Waals surface area contributed by atoms with Crippen LogP contribution in [0.3, 0.4) is 0 Å². The highest BCUT2D eigenvalue weighted by Gasteiger charge is 2.19. The third kappa shape index (κ3) is 5.28. The van der Waals surface area contributed by atoms with E-state index in [0.717, 1.165) is 22.4 Å². The summed E-state index contributed by atoms with van der Waals surface area (Å²) in [6.07, 6.45) is 0.545. The Morgan fingerprint density at radius 1 is 1.07 bits per heavy atom. The first-order valence-electron chi connectivity index (χ1n) is 9.53. The number of benzene rings is 2. The molecule has 3 rings (SSSR count). The van der Waals surface area contributed by atoms with Crippen LogP contribution in [0, 0.1) is 26.6 Å². The molecule has 0 bridgehead atoms. The third-order valence-electron chi connectivity index (χ3n) is 4.53. The van der Waals surface area contributed by atoms with Gasteiger partial charge in [0.05, 0.1) is 11.4 Å². The van der Waals surface area contributed by atoms with E-state index in [1.165, 1.54) is 16.9 Å². The van der Waals surface area contributed by atoms with Crippen LogP contribution in [-0.4, -0.2) is 40.0 Å². The van der Waals surface area contributed by atoms with Crippen molar-refractivity contribution in [1.29, 1.82) is 0 Å². The molecule has 0 radical (unpaired) electrons. The Kier molecular flexibility index (Phi) is 6.56. The Morgan fingerprint density at radius 2 is 1.80 bits per heavy atom. The van der Waals surface area contributed by atoms with Crippen LogP contribution in [0.15, 0.2) is 42.5 Å². The molecule has 3 aromatic rings. The maximum absolute atomic E-state index is 12.9. The van der Waals surface area contributed by atoms with Crippen LogP contribution in [-0.2, 0) is 16.0 Å². The summed E-state index contributed by atoms with van der Waals surface area (Å²) in [5.41, 5.74) is 4.23.